The van der Waals surface area contributed by atoms with Crippen LogP contribution < -0.4 is 5.73 Å². The molecule has 3 nitrogen and oxygen atoms in total. The standard InChI is InChI=1S/C13H23N3/c1-10-7-13(16(2)15-10)9-12(14)8-11-5-3-4-6-11/h7,11-12H,3-6,8-9,14H2,1-2H3. The van der Waals surface area contributed by atoms with Gasteiger partial charge in [-0.05, 0) is 25.3 Å². The van der Waals surface area contributed by atoms with Crippen molar-refractivity contribution in [2.24, 2.45) is 18.7 Å². The lowest BCUT2D eigenvalue weighted by molar-refractivity contribution is 0.435. The third-order valence-electron chi connectivity index (χ3n) is 3.68. The fourth-order valence-corrected chi connectivity index (χ4v) is 2.88. The van der Waals surface area contributed by atoms with Gasteiger partial charge in [-0.25, -0.2) is 0 Å². The summed E-state index contributed by atoms with van der Waals surface area (Å²) in [7, 11) is 2.00. The molecule has 0 aliphatic heterocycles. The summed E-state index contributed by atoms with van der Waals surface area (Å²) in [4.78, 5) is 0. The van der Waals surface area contributed by atoms with E-state index in [1.807, 2.05) is 18.7 Å². The number of rotatable bonds is 4. The Labute approximate surface area is 98.0 Å². The van der Waals surface area contributed by atoms with Crippen molar-refractivity contribution in [3.05, 3.63) is 17.5 Å². The van der Waals surface area contributed by atoms with Crippen molar-refractivity contribution in [3.63, 3.8) is 0 Å². The lowest BCUT2D eigenvalue weighted by Gasteiger charge is -2.16. The molecule has 1 unspecified atom stereocenters. The molecule has 1 aromatic heterocycles. The predicted molar refractivity (Wildman–Crippen MR) is 66.2 cm³/mol. The van der Waals surface area contributed by atoms with Crippen LogP contribution in [0.5, 0.6) is 0 Å². The molecular formula is C13H23N3. The van der Waals surface area contributed by atoms with Gasteiger partial charge in [0.1, 0.15) is 0 Å². The van der Waals surface area contributed by atoms with Crippen LogP contribution in [-0.2, 0) is 13.5 Å². The lowest BCUT2D eigenvalue weighted by atomic mass is 9.96. The topological polar surface area (TPSA) is 43.8 Å². The molecule has 0 aromatic carbocycles. The van der Waals surface area contributed by atoms with Crippen LogP contribution >= 0.6 is 0 Å². The second-order valence-corrected chi connectivity index (χ2v) is 5.25. The summed E-state index contributed by atoms with van der Waals surface area (Å²) in [6.45, 7) is 2.03. The summed E-state index contributed by atoms with van der Waals surface area (Å²) in [5.41, 5.74) is 8.58. The monoisotopic (exact) mass is 221 g/mol. The molecule has 1 fully saturated rings. The van der Waals surface area contributed by atoms with E-state index in [-0.39, 0.29) is 0 Å². The summed E-state index contributed by atoms with van der Waals surface area (Å²) in [5.74, 6) is 0.879. The van der Waals surface area contributed by atoms with Crippen LogP contribution in [0.1, 0.15) is 43.5 Å². The fraction of sp³-hybridized carbons (Fsp3) is 0.769. The van der Waals surface area contributed by atoms with Gasteiger partial charge >= 0.3 is 0 Å². The maximum atomic E-state index is 6.22. The number of nitrogens with zero attached hydrogens (tertiary/aromatic N) is 2. The molecule has 0 bridgehead atoms. The molecule has 1 atom stereocenters. The van der Waals surface area contributed by atoms with Crippen LogP contribution in [0.2, 0.25) is 0 Å². The molecule has 0 spiro atoms. The van der Waals surface area contributed by atoms with Gasteiger partial charge in [0, 0.05) is 25.2 Å². The maximum absolute atomic E-state index is 6.22. The minimum absolute atomic E-state index is 0.304. The highest BCUT2D eigenvalue weighted by molar-refractivity contribution is 5.09. The van der Waals surface area contributed by atoms with E-state index in [0.29, 0.717) is 6.04 Å². The third kappa shape index (κ3) is 2.85. The number of nitrogens with two attached hydrogens (primary N) is 1. The first-order chi connectivity index (χ1) is 7.65. The molecule has 1 aliphatic rings. The first kappa shape index (κ1) is 11.6. The summed E-state index contributed by atoms with van der Waals surface area (Å²) >= 11 is 0. The van der Waals surface area contributed by atoms with Crippen molar-refractivity contribution < 1.29 is 0 Å². The van der Waals surface area contributed by atoms with E-state index in [0.717, 1.165) is 18.0 Å². The zero-order valence-electron chi connectivity index (χ0n) is 10.4. The van der Waals surface area contributed by atoms with Crippen molar-refractivity contribution in [3.8, 4) is 0 Å². The minimum Gasteiger partial charge on any atom is -0.327 e. The number of hydrogen-bond donors (Lipinski definition) is 1. The van der Waals surface area contributed by atoms with Gasteiger partial charge in [0.05, 0.1) is 5.69 Å². The molecule has 2 N–H and O–H groups in total. The Morgan fingerprint density at radius 3 is 2.75 bits per heavy atom. The van der Waals surface area contributed by atoms with Crippen molar-refractivity contribution in [1.82, 2.24) is 9.78 Å². The Hall–Kier alpha value is -0.830. The highest BCUT2D eigenvalue weighted by Crippen LogP contribution is 2.28. The molecule has 1 aromatic rings. The van der Waals surface area contributed by atoms with Crippen LogP contribution in [0.15, 0.2) is 6.07 Å². The Kier molecular flexibility index (Phi) is 3.64. The van der Waals surface area contributed by atoms with Crippen LogP contribution in [0, 0.1) is 12.8 Å². The molecular weight excluding hydrogens is 198 g/mol. The molecule has 1 heterocycles. The maximum Gasteiger partial charge on any atom is 0.0596 e. The van der Waals surface area contributed by atoms with Gasteiger partial charge in [-0.3, -0.25) is 4.68 Å². The van der Waals surface area contributed by atoms with Gasteiger partial charge in [-0.1, -0.05) is 25.7 Å². The van der Waals surface area contributed by atoms with E-state index in [1.165, 1.54) is 37.8 Å². The second-order valence-electron chi connectivity index (χ2n) is 5.25. The van der Waals surface area contributed by atoms with Crippen molar-refractivity contribution in [2.75, 3.05) is 0 Å². The summed E-state index contributed by atoms with van der Waals surface area (Å²) in [6.07, 6.45) is 7.73. The molecule has 0 amide bonds. The third-order valence-corrected chi connectivity index (χ3v) is 3.68. The smallest absolute Gasteiger partial charge is 0.0596 e. The Bertz CT molecular complexity index is 337. The van der Waals surface area contributed by atoms with Gasteiger partial charge in [0.2, 0.25) is 0 Å². The van der Waals surface area contributed by atoms with Gasteiger partial charge in [-0.15, -0.1) is 0 Å². The molecule has 3 heteroatoms. The zero-order chi connectivity index (χ0) is 11.5. The minimum atomic E-state index is 0.304. The number of aromatic nitrogens is 2. The quantitative estimate of drug-likeness (QED) is 0.847. The normalized spacial score (nSPS) is 19.2. The summed E-state index contributed by atoms with van der Waals surface area (Å²) in [6, 6.07) is 2.45. The molecule has 1 aliphatic carbocycles. The van der Waals surface area contributed by atoms with E-state index in [2.05, 4.69) is 11.2 Å². The number of aryl methyl sites for hydroxylation is 2. The molecule has 0 radical (unpaired) electrons. The first-order valence-electron chi connectivity index (χ1n) is 6.40. The second kappa shape index (κ2) is 5.00. The Morgan fingerprint density at radius 2 is 2.19 bits per heavy atom. The van der Waals surface area contributed by atoms with Gasteiger partial charge in [0.25, 0.3) is 0 Å². The average Bonchev–Trinajstić information content (AvgIpc) is 2.78. The predicted octanol–water partition coefficient (Wildman–Crippen LogP) is 2.18. The van der Waals surface area contributed by atoms with E-state index in [1.54, 1.807) is 0 Å². The van der Waals surface area contributed by atoms with E-state index >= 15 is 0 Å². The van der Waals surface area contributed by atoms with E-state index in [4.69, 9.17) is 5.73 Å². The van der Waals surface area contributed by atoms with Gasteiger partial charge in [0.15, 0.2) is 0 Å². The largest absolute Gasteiger partial charge is 0.327 e. The van der Waals surface area contributed by atoms with Crippen LogP contribution in [0.25, 0.3) is 0 Å². The summed E-state index contributed by atoms with van der Waals surface area (Å²) in [5, 5.41) is 4.36. The Morgan fingerprint density at radius 1 is 1.50 bits per heavy atom. The van der Waals surface area contributed by atoms with Crippen molar-refractivity contribution in [1.29, 1.82) is 0 Å². The van der Waals surface area contributed by atoms with E-state index in [9.17, 15) is 0 Å². The fourth-order valence-electron chi connectivity index (χ4n) is 2.88. The molecule has 0 saturated heterocycles. The highest BCUT2D eigenvalue weighted by atomic mass is 15.3. The molecule has 16 heavy (non-hydrogen) atoms. The number of hydrogen-bond acceptors (Lipinski definition) is 2. The Balaban J connectivity index is 1.86. The summed E-state index contributed by atoms with van der Waals surface area (Å²) < 4.78 is 1.96. The molecule has 2 rings (SSSR count). The van der Waals surface area contributed by atoms with Crippen LogP contribution in [0.4, 0.5) is 0 Å². The van der Waals surface area contributed by atoms with Crippen LogP contribution in [-0.4, -0.2) is 15.8 Å². The molecule has 1 saturated carbocycles. The van der Waals surface area contributed by atoms with Crippen molar-refractivity contribution in [2.45, 2.75) is 51.5 Å². The van der Waals surface area contributed by atoms with Crippen LogP contribution in [0.3, 0.4) is 0 Å². The first-order valence-corrected chi connectivity index (χ1v) is 6.40. The van der Waals surface area contributed by atoms with E-state index < -0.39 is 0 Å². The molecule has 90 valence electrons. The lowest BCUT2D eigenvalue weighted by Crippen LogP contribution is -2.26. The SMILES string of the molecule is Cc1cc(CC(N)CC2CCCC2)n(C)n1. The average molecular weight is 221 g/mol. The van der Waals surface area contributed by atoms with Crippen molar-refractivity contribution >= 4 is 0 Å². The van der Waals surface area contributed by atoms with Gasteiger partial charge in [-0.2, -0.15) is 5.10 Å². The highest BCUT2D eigenvalue weighted by Gasteiger charge is 2.19. The van der Waals surface area contributed by atoms with Gasteiger partial charge < -0.3 is 5.73 Å². The zero-order valence-corrected chi connectivity index (χ0v) is 10.4.